The Morgan fingerprint density at radius 2 is 1.88 bits per heavy atom. The van der Waals surface area contributed by atoms with Gasteiger partial charge in [0.2, 0.25) is 5.91 Å². The maximum absolute atomic E-state index is 14.0. The number of rotatable bonds is 6. The molecule has 0 fully saturated rings. The zero-order chi connectivity index (χ0) is 22.7. The molecule has 0 spiro atoms. The molecule has 0 bridgehead atoms. The second-order valence-electron chi connectivity index (χ2n) is 7.24. The summed E-state index contributed by atoms with van der Waals surface area (Å²) in [5.41, 5.74) is 8.83. The monoisotopic (exact) mass is 429 g/mol. The van der Waals surface area contributed by atoms with Gasteiger partial charge in [0.15, 0.2) is 11.6 Å². The first kappa shape index (κ1) is 21.0. The van der Waals surface area contributed by atoms with Gasteiger partial charge < -0.3 is 10.5 Å². The zero-order valence-corrected chi connectivity index (χ0v) is 17.3. The predicted octanol–water partition coefficient (Wildman–Crippen LogP) is 4.17. The van der Waals surface area contributed by atoms with Crippen molar-refractivity contribution < 1.29 is 18.7 Å². The first-order valence-electron chi connectivity index (χ1n) is 9.90. The number of benzene rings is 3. The minimum Gasteiger partial charge on any atom is -0.424 e. The van der Waals surface area contributed by atoms with Crippen LogP contribution >= 0.6 is 0 Å². The van der Waals surface area contributed by atoms with Crippen LogP contribution < -0.4 is 10.5 Å². The summed E-state index contributed by atoms with van der Waals surface area (Å²) >= 11 is 0. The summed E-state index contributed by atoms with van der Waals surface area (Å²) < 4.78 is 20.7. The molecule has 0 unspecified atom stereocenters. The van der Waals surface area contributed by atoms with E-state index >= 15 is 0 Å². The lowest BCUT2D eigenvalue weighted by molar-refractivity contribution is -0.132. The van der Waals surface area contributed by atoms with E-state index in [-0.39, 0.29) is 11.3 Å². The quantitative estimate of drug-likeness (QED) is 0.216. The number of hydrogen-bond donors (Lipinski definition) is 1. The highest BCUT2D eigenvalue weighted by Gasteiger charge is 2.17. The number of aromatic nitrogens is 2. The smallest absolute Gasteiger partial charge is 0.308 e. The van der Waals surface area contributed by atoms with Crippen LogP contribution in [0.25, 0.3) is 22.6 Å². The molecule has 7 heteroatoms. The van der Waals surface area contributed by atoms with E-state index < -0.39 is 17.7 Å². The molecule has 0 aliphatic carbocycles. The average Bonchev–Trinajstić information content (AvgIpc) is 3.17. The van der Waals surface area contributed by atoms with E-state index in [0.717, 1.165) is 16.5 Å². The Labute approximate surface area is 183 Å². The van der Waals surface area contributed by atoms with Gasteiger partial charge in [0.25, 0.3) is 0 Å². The van der Waals surface area contributed by atoms with Crippen LogP contribution in [0.2, 0.25) is 0 Å². The van der Waals surface area contributed by atoms with Crippen molar-refractivity contribution in [2.24, 2.45) is 5.73 Å². The third kappa shape index (κ3) is 4.41. The first-order valence-corrected chi connectivity index (χ1v) is 9.90. The molecule has 2 N–H and O–H groups in total. The highest BCUT2D eigenvalue weighted by atomic mass is 19.1. The molecule has 32 heavy (non-hydrogen) atoms. The molecule has 3 aromatic carbocycles. The number of primary amides is 1. The molecular formula is C25H20FN3O3. The van der Waals surface area contributed by atoms with Crippen molar-refractivity contribution in [2.75, 3.05) is 0 Å². The summed E-state index contributed by atoms with van der Waals surface area (Å²) in [5.74, 6) is -2.19. The molecule has 0 radical (unpaired) electrons. The largest absolute Gasteiger partial charge is 0.424 e. The van der Waals surface area contributed by atoms with Gasteiger partial charge in [-0.2, -0.15) is 5.10 Å². The molecule has 4 aromatic rings. The molecule has 0 saturated heterocycles. The second-order valence-corrected chi connectivity index (χ2v) is 7.24. The van der Waals surface area contributed by atoms with Gasteiger partial charge in [-0.25, -0.2) is 4.39 Å². The van der Waals surface area contributed by atoms with E-state index in [9.17, 15) is 14.0 Å². The van der Waals surface area contributed by atoms with Crippen molar-refractivity contribution in [1.82, 2.24) is 9.78 Å². The molecule has 0 aliphatic heterocycles. The van der Waals surface area contributed by atoms with Gasteiger partial charge in [-0.1, -0.05) is 54.6 Å². The lowest BCUT2D eigenvalue weighted by atomic mass is 9.99. The van der Waals surface area contributed by atoms with E-state index in [1.807, 2.05) is 47.1 Å². The Hall–Kier alpha value is -4.26. The van der Waals surface area contributed by atoms with Gasteiger partial charge in [0.1, 0.15) is 0 Å². The van der Waals surface area contributed by atoms with Gasteiger partial charge in [-0.05, 0) is 29.3 Å². The van der Waals surface area contributed by atoms with Crippen molar-refractivity contribution in [3.8, 4) is 5.75 Å². The van der Waals surface area contributed by atoms with Crippen molar-refractivity contribution >= 4 is 34.4 Å². The first-order chi connectivity index (χ1) is 15.4. The lowest BCUT2D eigenvalue weighted by Crippen LogP contribution is -2.14. The highest BCUT2D eigenvalue weighted by Crippen LogP contribution is 2.29. The minimum absolute atomic E-state index is 0.220. The number of para-hydroxylation sites is 1. The zero-order valence-electron chi connectivity index (χ0n) is 17.3. The van der Waals surface area contributed by atoms with E-state index in [2.05, 4.69) is 5.10 Å². The summed E-state index contributed by atoms with van der Waals surface area (Å²) in [7, 11) is 0. The molecule has 1 heterocycles. The lowest BCUT2D eigenvalue weighted by Gasteiger charge is -2.11. The summed E-state index contributed by atoms with van der Waals surface area (Å²) in [6.45, 7) is 1.70. The third-order valence-corrected chi connectivity index (χ3v) is 4.91. The van der Waals surface area contributed by atoms with Crippen LogP contribution in [0.1, 0.15) is 23.6 Å². The van der Waals surface area contributed by atoms with Crippen molar-refractivity contribution in [2.45, 2.75) is 13.5 Å². The number of carbonyl (C=O) groups is 2. The standard InChI is InChI=1S/C25H20FN3O3/c1-16(30)32-23-13-18(10-11-22(23)26)12-21(25(27)31)20-9-5-8-19-14-28-29(24(19)20)15-17-6-3-2-4-7-17/h2-14H,15H2,1H3,(H2,27,31)/b21-12-. The SMILES string of the molecule is CC(=O)Oc1cc(/C=C(\C(N)=O)c2cccc3cnn(Cc4ccccc4)c23)ccc1F. The molecule has 4 rings (SSSR count). The van der Waals surface area contributed by atoms with Gasteiger partial charge >= 0.3 is 5.97 Å². The second kappa shape index (κ2) is 8.85. The van der Waals surface area contributed by atoms with Gasteiger partial charge in [-0.3, -0.25) is 14.3 Å². The normalized spacial score (nSPS) is 11.5. The summed E-state index contributed by atoms with van der Waals surface area (Å²) in [6, 6.07) is 19.3. The topological polar surface area (TPSA) is 87.2 Å². The minimum atomic E-state index is -0.680. The Kier molecular flexibility index (Phi) is 5.81. The predicted molar refractivity (Wildman–Crippen MR) is 120 cm³/mol. The number of hydrogen-bond acceptors (Lipinski definition) is 4. The summed E-state index contributed by atoms with van der Waals surface area (Å²) in [6.07, 6.45) is 3.28. The number of carbonyl (C=O) groups excluding carboxylic acids is 2. The van der Waals surface area contributed by atoms with Crippen LogP contribution in [0.5, 0.6) is 5.75 Å². The van der Waals surface area contributed by atoms with Crippen LogP contribution in [0.3, 0.4) is 0 Å². The molecular weight excluding hydrogens is 409 g/mol. The summed E-state index contributed by atoms with van der Waals surface area (Å²) in [5, 5.41) is 5.34. The van der Waals surface area contributed by atoms with Gasteiger partial charge in [-0.15, -0.1) is 0 Å². The van der Waals surface area contributed by atoms with Crippen LogP contribution in [0.4, 0.5) is 4.39 Å². The van der Waals surface area contributed by atoms with E-state index in [4.69, 9.17) is 10.5 Å². The fourth-order valence-corrected chi connectivity index (χ4v) is 3.53. The molecule has 0 saturated carbocycles. The number of esters is 1. The number of amides is 1. The molecule has 160 valence electrons. The number of nitrogens with two attached hydrogens (primary N) is 1. The number of ether oxygens (including phenoxy) is 1. The maximum Gasteiger partial charge on any atom is 0.308 e. The van der Waals surface area contributed by atoms with E-state index in [1.165, 1.54) is 25.1 Å². The van der Waals surface area contributed by atoms with E-state index in [0.29, 0.717) is 17.7 Å². The fraction of sp³-hybridized carbons (Fsp3) is 0.0800. The maximum atomic E-state index is 14.0. The van der Waals surface area contributed by atoms with E-state index in [1.54, 1.807) is 18.3 Å². The Morgan fingerprint density at radius 3 is 2.59 bits per heavy atom. The number of halogens is 1. The van der Waals surface area contributed by atoms with Crippen LogP contribution in [0, 0.1) is 5.82 Å². The van der Waals surface area contributed by atoms with Crippen molar-refractivity contribution in [3.05, 3.63) is 95.4 Å². The Bertz CT molecular complexity index is 1340. The van der Waals surface area contributed by atoms with Crippen molar-refractivity contribution in [3.63, 3.8) is 0 Å². The average molecular weight is 429 g/mol. The molecule has 0 atom stereocenters. The number of nitrogens with zero attached hydrogens (tertiary/aromatic N) is 2. The molecule has 1 amide bonds. The number of fused-ring (bicyclic) bond motifs is 1. The van der Waals surface area contributed by atoms with Crippen molar-refractivity contribution in [1.29, 1.82) is 0 Å². The van der Waals surface area contributed by atoms with Crippen LogP contribution in [-0.2, 0) is 16.1 Å². The molecule has 1 aromatic heterocycles. The summed E-state index contributed by atoms with van der Waals surface area (Å²) in [4.78, 5) is 23.7. The third-order valence-electron chi connectivity index (χ3n) is 4.91. The van der Waals surface area contributed by atoms with Gasteiger partial charge in [0.05, 0.1) is 18.3 Å². The van der Waals surface area contributed by atoms with Crippen LogP contribution in [0.15, 0.2) is 72.9 Å². The molecule has 0 aliphatic rings. The van der Waals surface area contributed by atoms with Crippen LogP contribution in [-0.4, -0.2) is 21.7 Å². The Morgan fingerprint density at radius 1 is 1.09 bits per heavy atom. The fourth-order valence-electron chi connectivity index (χ4n) is 3.53. The highest BCUT2D eigenvalue weighted by molar-refractivity contribution is 6.26. The van der Waals surface area contributed by atoms with Gasteiger partial charge in [0, 0.05) is 23.4 Å². The Balaban J connectivity index is 1.83. The molecule has 6 nitrogen and oxygen atoms in total.